The normalized spacial score (nSPS) is 10.0. The molecule has 1 heterocycles. The van der Waals surface area contributed by atoms with Crippen LogP contribution in [0.5, 0.6) is 11.5 Å². The first-order chi connectivity index (χ1) is 10.2. The first kappa shape index (κ1) is 14.8. The van der Waals surface area contributed by atoms with E-state index >= 15 is 0 Å². The van der Waals surface area contributed by atoms with Gasteiger partial charge in [-0.05, 0) is 31.2 Å². The molecule has 1 aromatic heterocycles. The first-order valence-electron chi connectivity index (χ1n) is 6.67. The van der Waals surface area contributed by atoms with Crippen molar-refractivity contribution in [2.24, 2.45) is 0 Å². The Bertz CT molecular complexity index is 597. The third kappa shape index (κ3) is 4.49. The fraction of sp³-hybridized carbons (Fsp3) is 0.250. The van der Waals surface area contributed by atoms with Gasteiger partial charge in [-0.15, -0.1) is 0 Å². The van der Waals surface area contributed by atoms with Crippen LogP contribution in [-0.4, -0.2) is 31.2 Å². The van der Waals surface area contributed by atoms with Gasteiger partial charge in [-0.1, -0.05) is 6.07 Å². The van der Waals surface area contributed by atoms with Gasteiger partial charge < -0.3 is 14.8 Å². The van der Waals surface area contributed by atoms with Crippen molar-refractivity contribution in [1.29, 1.82) is 0 Å². The predicted octanol–water partition coefficient (Wildman–Crippen LogP) is 2.21. The Kier molecular flexibility index (Phi) is 5.15. The van der Waals surface area contributed by atoms with Crippen molar-refractivity contribution in [3.8, 4) is 11.5 Å². The van der Waals surface area contributed by atoms with E-state index in [1.165, 1.54) is 0 Å². The van der Waals surface area contributed by atoms with Gasteiger partial charge in [0.15, 0.2) is 0 Å². The van der Waals surface area contributed by atoms with Gasteiger partial charge in [0.25, 0.3) is 5.91 Å². The van der Waals surface area contributed by atoms with Crippen molar-refractivity contribution in [2.45, 2.75) is 6.92 Å². The van der Waals surface area contributed by atoms with E-state index in [0.29, 0.717) is 24.5 Å². The van der Waals surface area contributed by atoms with Gasteiger partial charge in [0, 0.05) is 18.0 Å². The summed E-state index contributed by atoms with van der Waals surface area (Å²) in [5.74, 6) is 1.29. The molecule has 5 nitrogen and oxygen atoms in total. The number of pyridine rings is 1. The van der Waals surface area contributed by atoms with Crippen LogP contribution in [-0.2, 0) is 0 Å². The monoisotopic (exact) mass is 286 g/mol. The van der Waals surface area contributed by atoms with Crippen molar-refractivity contribution < 1.29 is 14.3 Å². The van der Waals surface area contributed by atoms with Crippen LogP contribution >= 0.6 is 0 Å². The molecule has 1 N–H and O–H groups in total. The number of carbonyl (C=O) groups is 1. The third-order valence-electron chi connectivity index (χ3n) is 2.87. The zero-order valence-corrected chi connectivity index (χ0v) is 12.1. The summed E-state index contributed by atoms with van der Waals surface area (Å²) in [6, 6.07) is 10.9. The zero-order valence-electron chi connectivity index (χ0n) is 12.1. The van der Waals surface area contributed by atoms with Gasteiger partial charge in [0.05, 0.1) is 19.2 Å². The number of rotatable bonds is 6. The Hall–Kier alpha value is -2.56. The largest absolute Gasteiger partial charge is 0.497 e. The molecule has 0 saturated carbocycles. The zero-order chi connectivity index (χ0) is 15.1. The topological polar surface area (TPSA) is 60.5 Å². The number of hydrogen-bond donors (Lipinski definition) is 1. The second-order valence-electron chi connectivity index (χ2n) is 4.47. The van der Waals surface area contributed by atoms with Crippen LogP contribution in [0.3, 0.4) is 0 Å². The SMILES string of the molecule is COc1cccc(OCCNC(=O)c2ccc(C)nc2)c1. The van der Waals surface area contributed by atoms with E-state index in [2.05, 4.69) is 10.3 Å². The molecule has 0 saturated heterocycles. The highest BCUT2D eigenvalue weighted by Crippen LogP contribution is 2.18. The van der Waals surface area contributed by atoms with E-state index < -0.39 is 0 Å². The minimum Gasteiger partial charge on any atom is -0.497 e. The molecule has 2 aromatic rings. The smallest absolute Gasteiger partial charge is 0.252 e. The number of benzene rings is 1. The number of amides is 1. The van der Waals surface area contributed by atoms with Gasteiger partial charge >= 0.3 is 0 Å². The predicted molar refractivity (Wildman–Crippen MR) is 79.8 cm³/mol. The number of hydrogen-bond acceptors (Lipinski definition) is 4. The molecule has 21 heavy (non-hydrogen) atoms. The number of ether oxygens (including phenoxy) is 2. The summed E-state index contributed by atoms with van der Waals surface area (Å²) in [6.07, 6.45) is 1.56. The highest BCUT2D eigenvalue weighted by atomic mass is 16.5. The number of nitrogens with one attached hydrogen (secondary N) is 1. The summed E-state index contributed by atoms with van der Waals surface area (Å²) in [5.41, 5.74) is 1.43. The second kappa shape index (κ2) is 7.28. The van der Waals surface area contributed by atoms with Gasteiger partial charge in [-0.3, -0.25) is 9.78 Å². The van der Waals surface area contributed by atoms with E-state index in [9.17, 15) is 4.79 Å². The van der Waals surface area contributed by atoms with Crippen molar-refractivity contribution in [3.05, 3.63) is 53.9 Å². The highest BCUT2D eigenvalue weighted by Gasteiger charge is 2.04. The lowest BCUT2D eigenvalue weighted by molar-refractivity contribution is 0.0946. The number of aromatic nitrogens is 1. The van der Waals surface area contributed by atoms with Crippen LogP contribution in [0.15, 0.2) is 42.6 Å². The van der Waals surface area contributed by atoms with Crippen molar-refractivity contribution in [3.63, 3.8) is 0 Å². The number of carbonyl (C=O) groups excluding carboxylic acids is 1. The Morgan fingerprint density at radius 2 is 2.05 bits per heavy atom. The lowest BCUT2D eigenvalue weighted by atomic mass is 10.2. The molecule has 5 heteroatoms. The average molecular weight is 286 g/mol. The lowest BCUT2D eigenvalue weighted by Gasteiger charge is -2.09. The molecule has 0 aliphatic carbocycles. The summed E-state index contributed by atoms with van der Waals surface area (Å²) >= 11 is 0. The molecule has 0 radical (unpaired) electrons. The molecule has 2 rings (SSSR count). The van der Waals surface area contributed by atoms with E-state index in [4.69, 9.17) is 9.47 Å². The first-order valence-corrected chi connectivity index (χ1v) is 6.67. The maximum Gasteiger partial charge on any atom is 0.252 e. The van der Waals surface area contributed by atoms with E-state index in [1.54, 1.807) is 25.4 Å². The van der Waals surface area contributed by atoms with Gasteiger partial charge in [0.2, 0.25) is 0 Å². The van der Waals surface area contributed by atoms with E-state index in [0.717, 1.165) is 11.4 Å². The van der Waals surface area contributed by atoms with Crippen LogP contribution < -0.4 is 14.8 Å². The maximum absolute atomic E-state index is 11.8. The molecular formula is C16H18N2O3. The van der Waals surface area contributed by atoms with E-state index in [1.807, 2.05) is 31.2 Å². The molecule has 0 aliphatic heterocycles. The maximum atomic E-state index is 11.8. The Labute approximate surface area is 123 Å². The quantitative estimate of drug-likeness (QED) is 0.827. The minimum atomic E-state index is -0.156. The standard InChI is InChI=1S/C16H18N2O3/c1-12-6-7-13(11-18-12)16(19)17-8-9-21-15-5-3-4-14(10-15)20-2/h3-7,10-11H,8-9H2,1-2H3,(H,17,19). The van der Waals surface area contributed by atoms with Crippen molar-refractivity contribution >= 4 is 5.91 Å². The number of nitrogens with zero attached hydrogens (tertiary/aromatic N) is 1. The fourth-order valence-corrected chi connectivity index (χ4v) is 1.73. The van der Waals surface area contributed by atoms with Crippen LogP contribution in [0.2, 0.25) is 0 Å². The van der Waals surface area contributed by atoms with Crippen LogP contribution in [0, 0.1) is 6.92 Å². The molecule has 0 bridgehead atoms. The molecule has 0 atom stereocenters. The summed E-state index contributed by atoms with van der Waals surface area (Å²) in [6.45, 7) is 2.69. The molecule has 1 aromatic carbocycles. The van der Waals surface area contributed by atoms with Crippen LogP contribution in [0.4, 0.5) is 0 Å². The fourth-order valence-electron chi connectivity index (χ4n) is 1.73. The second-order valence-corrected chi connectivity index (χ2v) is 4.47. The van der Waals surface area contributed by atoms with Crippen molar-refractivity contribution in [2.75, 3.05) is 20.3 Å². The van der Waals surface area contributed by atoms with E-state index in [-0.39, 0.29) is 5.91 Å². The third-order valence-corrected chi connectivity index (χ3v) is 2.87. The lowest BCUT2D eigenvalue weighted by Crippen LogP contribution is -2.28. The summed E-state index contributed by atoms with van der Waals surface area (Å²) < 4.78 is 10.7. The molecule has 0 unspecified atom stereocenters. The van der Waals surface area contributed by atoms with Gasteiger partial charge in [-0.25, -0.2) is 0 Å². The molecule has 110 valence electrons. The molecule has 0 fully saturated rings. The van der Waals surface area contributed by atoms with Gasteiger partial charge in [-0.2, -0.15) is 0 Å². The molecule has 1 amide bonds. The Morgan fingerprint density at radius 1 is 1.24 bits per heavy atom. The summed E-state index contributed by atoms with van der Waals surface area (Å²) in [4.78, 5) is 15.9. The molecule has 0 aliphatic rings. The van der Waals surface area contributed by atoms with Crippen LogP contribution in [0.25, 0.3) is 0 Å². The van der Waals surface area contributed by atoms with Gasteiger partial charge in [0.1, 0.15) is 18.1 Å². The molecular weight excluding hydrogens is 268 g/mol. The average Bonchev–Trinajstić information content (AvgIpc) is 2.52. The minimum absolute atomic E-state index is 0.156. The molecule has 0 spiro atoms. The Balaban J connectivity index is 1.76. The van der Waals surface area contributed by atoms with Crippen LogP contribution in [0.1, 0.15) is 16.1 Å². The Morgan fingerprint density at radius 3 is 2.76 bits per heavy atom. The number of methoxy groups -OCH3 is 1. The summed E-state index contributed by atoms with van der Waals surface area (Å²) in [7, 11) is 1.61. The van der Waals surface area contributed by atoms with Crippen molar-refractivity contribution in [1.82, 2.24) is 10.3 Å². The summed E-state index contributed by atoms with van der Waals surface area (Å²) in [5, 5.41) is 2.78. The number of aryl methyl sites for hydroxylation is 1. The highest BCUT2D eigenvalue weighted by molar-refractivity contribution is 5.93.